The molecular weight excluding hydrogens is 282 g/mol. The molecule has 0 spiro atoms. The Labute approximate surface area is 129 Å². The van der Waals surface area contributed by atoms with Crippen molar-refractivity contribution in [3.05, 3.63) is 35.7 Å². The van der Waals surface area contributed by atoms with Crippen molar-refractivity contribution >= 4 is 17.3 Å². The molecule has 0 aliphatic rings. The van der Waals surface area contributed by atoms with Crippen molar-refractivity contribution < 1.29 is 14.1 Å². The molecule has 6 heteroatoms. The van der Waals surface area contributed by atoms with Crippen LogP contribution in [0.25, 0.3) is 0 Å². The van der Waals surface area contributed by atoms with Crippen molar-refractivity contribution in [1.29, 1.82) is 0 Å². The summed E-state index contributed by atoms with van der Waals surface area (Å²) < 4.78 is 10.3. The summed E-state index contributed by atoms with van der Waals surface area (Å²) in [4.78, 5) is 12.2. The van der Waals surface area contributed by atoms with Gasteiger partial charge in [-0.25, -0.2) is 0 Å². The largest absolute Gasteiger partial charge is 0.497 e. The van der Waals surface area contributed by atoms with E-state index in [0.717, 1.165) is 18.5 Å². The number of amides is 1. The molecule has 118 valence electrons. The third-order valence-corrected chi connectivity index (χ3v) is 3.66. The fourth-order valence-electron chi connectivity index (χ4n) is 2.25. The molecule has 0 aliphatic heterocycles. The van der Waals surface area contributed by atoms with E-state index in [9.17, 15) is 4.79 Å². The highest BCUT2D eigenvalue weighted by atomic mass is 16.5. The minimum absolute atomic E-state index is 0.170. The standard InChI is InChI=1S/C16H21N3O3/c1-4-10(5-2)13-9-15(22-19-13)16(20)18-14-8-11(21-3)6-7-12(14)17/h6-10H,4-5,17H2,1-3H3,(H,18,20). The number of carbonyl (C=O) groups excluding carboxylic acids is 1. The highest BCUT2D eigenvalue weighted by Gasteiger charge is 2.18. The number of anilines is 2. The quantitative estimate of drug-likeness (QED) is 0.798. The average Bonchev–Trinajstić information content (AvgIpc) is 3.00. The molecule has 0 atom stereocenters. The van der Waals surface area contributed by atoms with Gasteiger partial charge < -0.3 is 20.3 Å². The van der Waals surface area contributed by atoms with Gasteiger partial charge in [0.05, 0.1) is 24.2 Å². The van der Waals surface area contributed by atoms with E-state index in [1.165, 1.54) is 0 Å². The first-order chi connectivity index (χ1) is 10.6. The van der Waals surface area contributed by atoms with Crippen LogP contribution in [0.3, 0.4) is 0 Å². The van der Waals surface area contributed by atoms with Crippen LogP contribution in [0.2, 0.25) is 0 Å². The molecular formula is C16H21N3O3. The maximum atomic E-state index is 12.2. The Morgan fingerprint density at radius 2 is 2.09 bits per heavy atom. The van der Waals surface area contributed by atoms with Crippen LogP contribution in [-0.4, -0.2) is 18.2 Å². The normalized spacial score (nSPS) is 10.7. The smallest absolute Gasteiger partial charge is 0.294 e. The Kier molecular flexibility index (Phi) is 5.04. The number of nitrogens with two attached hydrogens (primary N) is 1. The summed E-state index contributed by atoms with van der Waals surface area (Å²) >= 11 is 0. The number of hydrogen-bond donors (Lipinski definition) is 2. The number of aromatic nitrogens is 1. The Bertz CT molecular complexity index is 648. The van der Waals surface area contributed by atoms with E-state index in [0.29, 0.717) is 23.0 Å². The lowest BCUT2D eigenvalue weighted by Crippen LogP contribution is -2.12. The van der Waals surface area contributed by atoms with E-state index in [4.69, 9.17) is 15.0 Å². The zero-order chi connectivity index (χ0) is 16.1. The van der Waals surface area contributed by atoms with E-state index in [2.05, 4.69) is 24.3 Å². The van der Waals surface area contributed by atoms with Crippen molar-refractivity contribution in [3.63, 3.8) is 0 Å². The number of methoxy groups -OCH3 is 1. The van der Waals surface area contributed by atoms with E-state index in [1.807, 2.05) is 0 Å². The van der Waals surface area contributed by atoms with Gasteiger partial charge in [0.2, 0.25) is 5.76 Å². The number of hydrogen-bond acceptors (Lipinski definition) is 5. The molecule has 22 heavy (non-hydrogen) atoms. The lowest BCUT2D eigenvalue weighted by atomic mass is 9.99. The first-order valence-electron chi connectivity index (χ1n) is 7.30. The molecule has 1 heterocycles. The predicted octanol–water partition coefficient (Wildman–Crippen LogP) is 3.42. The zero-order valence-electron chi connectivity index (χ0n) is 13.1. The first kappa shape index (κ1) is 15.9. The van der Waals surface area contributed by atoms with Gasteiger partial charge in [0.15, 0.2) is 0 Å². The second-order valence-corrected chi connectivity index (χ2v) is 5.04. The van der Waals surface area contributed by atoms with Crippen LogP contribution in [0.4, 0.5) is 11.4 Å². The van der Waals surface area contributed by atoms with Gasteiger partial charge >= 0.3 is 0 Å². The molecule has 0 fully saturated rings. The predicted molar refractivity (Wildman–Crippen MR) is 85.2 cm³/mol. The molecule has 3 N–H and O–H groups in total. The third-order valence-electron chi connectivity index (χ3n) is 3.66. The van der Waals surface area contributed by atoms with Gasteiger partial charge in [-0.1, -0.05) is 19.0 Å². The fourth-order valence-corrected chi connectivity index (χ4v) is 2.25. The SMILES string of the molecule is CCC(CC)c1cc(C(=O)Nc2cc(OC)ccc2N)on1. The number of ether oxygens (including phenoxy) is 1. The van der Waals surface area contributed by atoms with Crippen LogP contribution in [0.15, 0.2) is 28.8 Å². The van der Waals surface area contributed by atoms with Crippen molar-refractivity contribution in [1.82, 2.24) is 5.16 Å². The third kappa shape index (κ3) is 3.39. The number of rotatable bonds is 6. The average molecular weight is 303 g/mol. The molecule has 1 aromatic carbocycles. The minimum Gasteiger partial charge on any atom is -0.497 e. The first-order valence-corrected chi connectivity index (χ1v) is 7.30. The van der Waals surface area contributed by atoms with Gasteiger partial charge in [0, 0.05) is 18.1 Å². The molecule has 0 radical (unpaired) electrons. The van der Waals surface area contributed by atoms with E-state index in [1.54, 1.807) is 31.4 Å². The molecule has 6 nitrogen and oxygen atoms in total. The summed E-state index contributed by atoms with van der Waals surface area (Å²) in [7, 11) is 1.55. The zero-order valence-corrected chi connectivity index (χ0v) is 13.1. The van der Waals surface area contributed by atoms with E-state index < -0.39 is 0 Å². The van der Waals surface area contributed by atoms with Crippen LogP contribution in [-0.2, 0) is 0 Å². The summed E-state index contributed by atoms with van der Waals surface area (Å²) in [5.74, 6) is 0.695. The highest BCUT2D eigenvalue weighted by Crippen LogP contribution is 2.26. The van der Waals surface area contributed by atoms with Crippen LogP contribution >= 0.6 is 0 Å². The van der Waals surface area contributed by atoms with Crippen molar-refractivity contribution in [2.75, 3.05) is 18.2 Å². The second-order valence-electron chi connectivity index (χ2n) is 5.04. The molecule has 2 rings (SSSR count). The fraction of sp³-hybridized carbons (Fsp3) is 0.375. The molecule has 2 aromatic rings. The number of nitrogen functional groups attached to an aromatic ring is 1. The van der Waals surface area contributed by atoms with Crippen LogP contribution in [0.1, 0.15) is 48.9 Å². The molecule has 0 saturated heterocycles. The van der Waals surface area contributed by atoms with Crippen LogP contribution in [0, 0.1) is 0 Å². The Balaban J connectivity index is 2.16. The maximum Gasteiger partial charge on any atom is 0.294 e. The summed E-state index contributed by atoms with van der Waals surface area (Å²) in [5.41, 5.74) is 7.58. The number of benzene rings is 1. The van der Waals surface area contributed by atoms with Crippen molar-refractivity contribution in [3.8, 4) is 5.75 Å². The Morgan fingerprint density at radius 3 is 2.73 bits per heavy atom. The van der Waals surface area contributed by atoms with Crippen molar-refractivity contribution in [2.24, 2.45) is 0 Å². The summed E-state index contributed by atoms with van der Waals surface area (Å²) in [6.07, 6.45) is 1.90. The Morgan fingerprint density at radius 1 is 1.36 bits per heavy atom. The Hall–Kier alpha value is -2.50. The lowest BCUT2D eigenvalue weighted by molar-refractivity contribution is 0.0988. The van der Waals surface area contributed by atoms with Gasteiger partial charge in [0.25, 0.3) is 5.91 Å². The molecule has 0 saturated carbocycles. The van der Waals surface area contributed by atoms with Gasteiger partial charge in [-0.15, -0.1) is 0 Å². The monoisotopic (exact) mass is 303 g/mol. The van der Waals surface area contributed by atoms with Gasteiger partial charge in [-0.05, 0) is 25.0 Å². The molecule has 0 unspecified atom stereocenters. The van der Waals surface area contributed by atoms with Crippen LogP contribution < -0.4 is 15.8 Å². The van der Waals surface area contributed by atoms with E-state index >= 15 is 0 Å². The summed E-state index contributed by atoms with van der Waals surface area (Å²) in [6.45, 7) is 4.17. The molecule has 0 bridgehead atoms. The van der Waals surface area contributed by atoms with E-state index in [-0.39, 0.29) is 11.7 Å². The number of nitrogens with one attached hydrogen (secondary N) is 1. The maximum absolute atomic E-state index is 12.2. The molecule has 1 amide bonds. The number of carbonyl (C=O) groups is 1. The lowest BCUT2D eigenvalue weighted by Gasteiger charge is -2.08. The second kappa shape index (κ2) is 6.98. The van der Waals surface area contributed by atoms with Crippen molar-refractivity contribution in [2.45, 2.75) is 32.6 Å². The topological polar surface area (TPSA) is 90.4 Å². The molecule has 0 aliphatic carbocycles. The van der Waals surface area contributed by atoms with Gasteiger partial charge in [-0.3, -0.25) is 4.79 Å². The minimum atomic E-state index is -0.385. The van der Waals surface area contributed by atoms with Gasteiger partial charge in [-0.2, -0.15) is 0 Å². The van der Waals surface area contributed by atoms with Gasteiger partial charge in [0.1, 0.15) is 5.75 Å². The summed E-state index contributed by atoms with van der Waals surface area (Å²) in [6, 6.07) is 6.74. The highest BCUT2D eigenvalue weighted by molar-refractivity contribution is 6.04. The van der Waals surface area contributed by atoms with Crippen LogP contribution in [0.5, 0.6) is 5.75 Å². The summed E-state index contributed by atoms with van der Waals surface area (Å²) in [5, 5.41) is 6.70. The molecule has 1 aromatic heterocycles. The number of nitrogens with zero attached hydrogens (tertiary/aromatic N) is 1.